The van der Waals surface area contributed by atoms with E-state index in [0.29, 0.717) is 18.2 Å². The average molecular weight is 367 g/mol. The van der Waals surface area contributed by atoms with Gasteiger partial charge in [0.05, 0.1) is 14.2 Å². The molecule has 0 aliphatic carbocycles. The number of halogens is 1. The monoisotopic (exact) mass is 366 g/mol. The number of nitrogens with one attached hydrogen (secondary N) is 1. The van der Waals surface area contributed by atoms with Crippen LogP contribution in [-0.2, 0) is 6.54 Å². The predicted molar refractivity (Wildman–Crippen MR) is 88.4 cm³/mol. The van der Waals surface area contributed by atoms with Crippen molar-refractivity contribution < 1.29 is 14.6 Å². The molecule has 0 bridgehead atoms. The number of phenols is 1. The molecule has 6 heteroatoms. The molecule has 2 rings (SSSR count). The maximum atomic E-state index is 10.0. The van der Waals surface area contributed by atoms with Gasteiger partial charge in [-0.05, 0) is 47.1 Å². The summed E-state index contributed by atoms with van der Waals surface area (Å²) in [6.07, 6.45) is 1.69. The smallest absolute Gasteiger partial charge is 0.217 e. The van der Waals surface area contributed by atoms with Gasteiger partial charge in [-0.1, -0.05) is 0 Å². The maximum absolute atomic E-state index is 10.0. The largest absolute Gasteiger partial charge is 0.508 e. The van der Waals surface area contributed by atoms with Crippen molar-refractivity contribution in [2.24, 2.45) is 0 Å². The summed E-state index contributed by atoms with van der Waals surface area (Å²) in [5, 5.41) is 13.4. The predicted octanol–water partition coefficient (Wildman–Crippen LogP) is 3.42. The van der Waals surface area contributed by atoms with Gasteiger partial charge in [-0.25, -0.2) is 4.98 Å². The van der Waals surface area contributed by atoms with Gasteiger partial charge in [-0.15, -0.1) is 0 Å². The molecule has 0 spiro atoms. The first-order valence-electron chi connectivity index (χ1n) is 6.84. The first-order valence-corrected chi connectivity index (χ1v) is 7.63. The van der Waals surface area contributed by atoms with E-state index in [1.54, 1.807) is 32.5 Å². The molecular weight excluding hydrogens is 348 g/mol. The van der Waals surface area contributed by atoms with E-state index in [1.165, 1.54) is 0 Å². The maximum Gasteiger partial charge on any atom is 0.217 e. The number of pyridine rings is 1. The zero-order valence-corrected chi connectivity index (χ0v) is 14.3. The second kappa shape index (κ2) is 7.47. The molecule has 0 amide bonds. The fourth-order valence-corrected chi connectivity index (χ4v) is 2.54. The van der Waals surface area contributed by atoms with Crippen LogP contribution in [0.3, 0.4) is 0 Å². The van der Waals surface area contributed by atoms with Gasteiger partial charge in [0.25, 0.3) is 0 Å². The Hall–Kier alpha value is -1.79. The summed E-state index contributed by atoms with van der Waals surface area (Å²) in [4.78, 5) is 4.21. The van der Waals surface area contributed by atoms with Crippen LogP contribution in [0.15, 0.2) is 34.9 Å². The molecule has 1 unspecified atom stereocenters. The quantitative estimate of drug-likeness (QED) is 0.819. The molecular formula is C16H19BrN2O3. The number of hydrogen-bond acceptors (Lipinski definition) is 5. The van der Waals surface area contributed by atoms with Gasteiger partial charge in [0, 0.05) is 34.4 Å². The number of aromatic hydroxyl groups is 1. The Morgan fingerprint density at radius 2 is 2.05 bits per heavy atom. The SMILES string of the molecule is COc1ccc(O)c(C(C)NCc2cc(Br)cnc2OC)c1. The Morgan fingerprint density at radius 1 is 1.27 bits per heavy atom. The van der Waals surface area contributed by atoms with Crippen LogP contribution in [0.4, 0.5) is 0 Å². The highest BCUT2D eigenvalue weighted by atomic mass is 79.9. The lowest BCUT2D eigenvalue weighted by molar-refractivity contribution is 0.387. The van der Waals surface area contributed by atoms with Gasteiger partial charge >= 0.3 is 0 Å². The van der Waals surface area contributed by atoms with Crippen LogP contribution in [-0.4, -0.2) is 24.3 Å². The first-order chi connectivity index (χ1) is 10.5. The van der Waals surface area contributed by atoms with E-state index in [4.69, 9.17) is 9.47 Å². The Balaban J connectivity index is 2.13. The summed E-state index contributed by atoms with van der Waals surface area (Å²) in [7, 11) is 3.20. The van der Waals surface area contributed by atoms with Crippen molar-refractivity contribution in [3.8, 4) is 17.4 Å². The van der Waals surface area contributed by atoms with Crippen molar-refractivity contribution in [1.29, 1.82) is 0 Å². The molecule has 1 heterocycles. The highest BCUT2D eigenvalue weighted by Crippen LogP contribution is 2.29. The third-order valence-corrected chi connectivity index (χ3v) is 3.82. The number of methoxy groups -OCH3 is 2. The number of benzene rings is 1. The van der Waals surface area contributed by atoms with E-state index in [2.05, 4.69) is 26.2 Å². The summed E-state index contributed by atoms with van der Waals surface area (Å²) < 4.78 is 11.3. The first kappa shape index (κ1) is 16.6. The summed E-state index contributed by atoms with van der Waals surface area (Å²) in [6.45, 7) is 2.54. The molecule has 2 N–H and O–H groups in total. The number of hydrogen-bond donors (Lipinski definition) is 2. The van der Waals surface area contributed by atoms with Crippen molar-refractivity contribution in [1.82, 2.24) is 10.3 Å². The van der Waals surface area contributed by atoms with Gasteiger partial charge in [0.2, 0.25) is 5.88 Å². The van der Waals surface area contributed by atoms with Crippen LogP contribution in [0.1, 0.15) is 24.1 Å². The fraction of sp³-hybridized carbons (Fsp3) is 0.312. The molecule has 22 heavy (non-hydrogen) atoms. The second-order valence-electron chi connectivity index (χ2n) is 4.85. The molecule has 0 saturated heterocycles. The van der Waals surface area contributed by atoms with Crippen molar-refractivity contribution in [3.63, 3.8) is 0 Å². The van der Waals surface area contributed by atoms with Gasteiger partial charge in [0.1, 0.15) is 11.5 Å². The van der Waals surface area contributed by atoms with Crippen molar-refractivity contribution in [3.05, 3.63) is 46.1 Å². The lowest BCUT2D eigenvalue weighted by Gasteiger charge is -2.17. The van der Waals surface area contributed by atoms with E-state index in [0.717, 1.165) is 15.6 Å². The average Bonchev–Trinajstić information content (AvgIpc) is 2.53. The van der Waals surface area contributed by atoms with E-state index in [9.17, 15) is 5.11 Å². The highest BCUT2D eigenvalue weighted by Gasteiger charge is 2.13. The Morgan fingerprint density at radius 3 is 2.73 bits per heavy atom. The van der Waals surface area contributed by atoms with E-state index in [1.807, 2.05) is 19.1 Å². The number of phenolic OH excluding ortho intramolecular Hbond substituents is 1. The molecule has 1 atom stereocenters. The molecule has 0 radical (unpaired) electrons. The molecule has 2 aromatic rings. The Labute approximate surface area is 138 Å². The van der Waals surface area contributed by atoms with Crippen LogP contribution in [0.2, 0.25) is 0 Å². The molecule has 1 aromatic carbocycles. The van der Waals surface area contributed by atoms with Crippen LogP contribution in [0.5, 0.6) is 17.4 Å². The minimum absolute atomic E-state index is 0.0567. The number of nitrogens with zero attached hydrogens (tertiary/aromatic N) is 1. The van der Waals surface area contributed by atoms with Crippen LogP contribution >= 0.6 is 15.9 Å². The van der Waals surface area contributed by atoms with Gasteiger partial charge in [0.15, 0.2) is 0 Å². The number of aromatic nitrogens is 1. The molecule has 0 aliphatic rings. The third-order valence-electron chi connectivity index (χ3n) is 3.39. The highest BCUT2D eigenvalue weighted by molar-refractivity contribution is 9.10. The van der Waals surface area contributed by atoms with E-state index >= 15 is 0 Å². The van der Waals surface area contributed by atoms with Gasteiger partial charge < -0.3 is 19.9 Å². The van der Waals surface area contributed by atoms with Crippen LogP contribution in [0.25, 0.3) is 0 Å². The zero-order chi connectivity index (χ0) is 16.1. The molecule has 0 saturated carbocycles. The summed E-state index contributed by atoms with van der Waals surface area (Å²) >= 11 is 3.41. The molecule has 0 aliphatic heterocycles. The summed E-state index contributed by atoms with van der Waals surface area (Å²) in [6, 6.07) is 7.08. The number of ether oxygens (including phenoxy) is 2. The summed E-state index contributed by atoms with van der Waals surface area (Å²) in [5.41, 5.74) is 1.72. The third kappa shape index (κ3) is 3.90. The standard InChI is InChI=1S/C16H19BrN2O3/c1-10(14-7-13(21-2)4-5-15(14)20)18-8-11-6-12(17)9-19-16(11)22-3/h4-7,9-10,18,20H,8H2,1-3H3. The molecule has 1 aromatic heterocycles. The van der Waals surface area contributed by atoms with Gasteiger partial charge in [-0.3, -0.25) is 0 Å². The zero-order valence-electron chi connectivity index (χ0n) is 12.8. The lowest BCUT2D eigenvalue weighted by Crippen LogP contribution is -2.19. The van der Waals surface area contributed by atoms with E-state index < -0.39 is 0 Å². The van der Waals surface area contributed by atoms with Crippen molar-refractivity contribution in [2.75, 3.05) is 14.2 Å². The molecule has 0 fully saturated rings. The normalized spacial score (nSPS) is 12.0. The van der Waals surface area contributed by atoms with Crippen LogP contribution < -0.4 is 14.8 Å². The Kier molecular flexibility index (Phi) is 5.63. The summed E-state index contributed by atoms with van der Waals surface area (Å²) in [5.74, 6) is 1.53. The molecule has 118 valence electrons. The van der Waals surface area contributed by atoms with Crippen molar-refractivity contribution >= 4 is 15.9 Å². The lowest BCUT2D eigenvalue weighted by atomic mass is 10.1. The van der Waals surface area contributed by atoms with Crippen molar-refractivity contribution in [2.45, 2.75) is 19.5 Å². The van der Waals surface area contributed by atoms with Gasteiger partial charge in [-0.2, -0.15) is 0 Å². The second-order valence-corrected chi connectivity index (χ2v) is 5.76. The van der Waals surface area contributed by atoms with E-state index in [-0.39, 0.29) is 11.8 Å². The topological polar surface area (TPSA) is 63.6 Å². The minimum Gasteiger partial charge on any atom is -0.508 e. The fourth-order valence-electron chi connectivity index (χ4n) is 2.16. The minimum atomic E-state index is -0.0567. The van der Waals surface area contributed by atoms with Crippen LogP contribution in [0, 0.1) is 0 Å². The molecule has 5 nitrogen and oxygen atoms in total. The number of rotatable bonds is 6. The Bertz CT molecular complexity index is 649.